The Morgan fingerprint density at radius 2 is 2.05 bits per heavy atom. The van der Waals surface area contributed by atoms with Crippen molar-refractivity contribution < 1.29 is 4.39 Å². The number of nitriles is 1. The van der Waals surface area contributed by atoms with Gasteiger partial charge in [0.25, 0.3) is 5.56 Å². The molecule has 2 heterocycles. The van der Waals surface area contributed by atoms with E-state index in [-0.39, 0.29) is 16.9 Å². The van der Waals surface area contributed by atoms with E-state index in [0.29, 0.717) is 18.7 Å². The van der Waals surface area contributed by atoms with Gasteiger partial charge in [-0.1, -0.05) is 0 Å². The van der Waals surface area contributed by atoms with E-state index >= 15 is 0 Å². The van der Waals surface area contributed by atoms with Crippen LogP contribution in [-0.4, -0.2) is 11.1 Å². The molecule has 0 unspecified atom stereocenters. The summed E-state index contributed by atoms with van der Waals surface area (Å²) < 4.78 is 14.6. The Balaban J connectivity index is 2.30. The summed E-state index contributed by atoms with van der Waals surface area (Å²) in [7, 11) is 0. The fourth-order valence-corrected chi connectivity index (χ4v) is 2.50. The van der Waals surface area contributed by atoms with Crippen molar-refractivity contribution >= 4 is 0 Å². The lowest BCUT2D eigenvalue weighted by Gasteiger charge is -2.22. The lowest BCUT2D eigenvalue weighted by Crippen LogP contribution is -2.33. The number of halogens is 1. The molecule has 1 aromatic heterocycles. The molecule has 1 aromatic carbocycles. The zero-order valence-corrected chi connectivity index (χ0v) is 10.7. The van der Waals surface area contributed by atoms with Crippen LogP contribution in [0.3, 0.4) is 0 Å². The van der Waals surface area contributed by atoms with E-state index in [0.717, 1.165) is 17.8 Å². The number of hydrogen-bond donors (Lipinski definition) is 1. The molecule has 20 heavy (non-hydrogen) atoms. The maximum Gasteiger partial charge on any atom is 0.273 e. The summed E-state index contributed by atoms with van der Waals surface area (Å²) in [6.45, 7) is 1.41. The minimum atomic E-state index is -0.353. The first-order chi connectivity index (χ1) is 9.70. The van der Waals surface area contributed by atoms with Crippen molar-refractivity contribution in [2.24, 2.45) is 0 Å². The van der Waals surface area contributed by atoms with E-state index in [1.165, 1.54) is 16.7 Å². The quantitative estimate of drug-likeness (QED) is 0.853. The highest BCUT2D eigenvalue weighted by Gasteiger charge is 2.18. The van der Waals surface area contributed by atoms with Gasteiger partial charge in [-0.3, -0.25) is 9.36 Å². The highest BCUT2D eigenvalue weighted by Crippen LogP contribution is 2.18. The molecule has 1 aliphatic heterocycles. The first-order valence-electron chi connectivity index (χ1n) is 6.35. The van der Waals surface area contributed by atoms with Gasteiger partial charge in [0.05, 0.1) is 0 Å². The maximum atomic E-state index is 13.0. The van der Waals surface area contributed by atoms with Crippen molar-refractivity contribution in [3.8, 4) is 11.8 Å². The Morgan fingerprint density at radius 3 is 2.75 bits per heavy atom. The number of rotatable bonds is 1. The van der Waals surface area contributed by atoms with E-state index < -0.39 is 0 Å². The van der Waals surface area contributed by atoms with Crippen LogP contribution in [0.15, 0.2) is 35.1 Å². The molecule has 2 aromatic rings. The normalized spacial score (nSPS) is 13.6. The van der Waals surface area contributed by atoms with Crippen LogP contribution >= 0.6 is 0 Å². The lowest BCUT2D eigenvalue weighted by atomic mass is 10.0. The third kappa shape index (κ3) is 2.00. The molecule has 0 spiro atoms. The summed E-state index contributed by atoms with van der Waals surface area (Å²) in [6.07, 6.45) is 0.702. The van der Waals surface area contributed by atoms with E-state index in [9.17, 15) is 9.18 Å². The summed E-state index contributed by atoms with van der Waals surface area (Å²) in [6, 6.07) is 9.31. The summed E-state index contributed by atoms with van der Waals surface area (Å²) in [5.74, 6) is -0.353. The van der Waals surface area contributed by atoms with Gasteiger partial charge in [0.2, 0.25) is 0 Å². The zero-order chi connectivity index (χ0) is 14.1. The third-order valence-electron chi connectivity index (χ3n) is 3.45. The van der Waals surface area contributed by atoms with Gasteiger partial charge in [0.15, 0.2) is 0 Å². The second kappa shape index (κ2) is 4.91. The van der Waals surface area contributed by atoms with Crippen molar-refractivity contribution in [3.05, 3.63) is 63.3 Å². The Labute approximate surface area is 115 Å². The standard InChI is InChI=1S/C15H12FN3O/c16-12-1-3-13(4-2-12)19-14-5-6-18-9-11(14)7-10(8-17)15(19)20/h1-4,7,18H,5-6,9H2. The molecule has 1 aliphatic rings. The second-order valence-electron chi connectivity index (χ2n) is 4.69. The molecule has 0 aliphatic carbocycles. The Kier molecular flexibility index (Phi) is 3.09. The maximum absolute atomic E-state index is 13.0. The van der Waals surface area contributed by atoms with Crippen molar-refractivity contribution in [2.45, 2.75) is 13.0 Å². The van der Waals surface area contributed by atoms with Crippen LogP contribution in [0.1, 0.15) is 16.8 Å². The predicted octanol–water partition coefficient (Wildman–Crippen LogP) is 1.49. The SMILES string of the molecule is N#Cc1cc2c(n(-c3ccc(F)cc3)c1=O)CCNC2. The summed E-state index contributed by atoms with van der Waals surface area (Å²) in [5, 5.41) is 12.3. The minimum absolute atomic E-state index is 0.108. The predicted molar refractivity (Wildman–Crippen MR) is 72.1 cm³/mol. The number of aromatic nitrogens is 1. The number of benzene rings is 1. The number of hydrogen-bond acceptors (Lipinski definition) is 3. The number of nitrogens with zero attached hydrogens (tertiary/aromatic N) is 2. The molecule has 0 fully saturated rings. The van der Waals surface area contributed by atoms with Gasteiger partial charge in [-0.05, 0) is 35.9 Å². The molecule has 0 radical (unpaired) electrons. The van der Waals surface area contributed by atoms with Gasteiger partial charge in [0.1, 0.15) is 17.4 Å². The largest absolute Gasteiger partial charge is 0.312 e. The fraction of sp³-hybridized carbons (Fsp3) is 0.200. The average Bonchev–Trinajstić information content (AvgIpc) is 2.48. The molecule has 3 rings (SSSR count). The van der Waals surface area contributed by atoms with E-state index in [2.05, 4.69) is 5.32 Å². The second-order valence-corrected chi connectivity index (χ2v) is 4.69. The minimum Gasteiger partial charge on any atom is -0.312 e. The number of pyridine rings is 1. The van der Waals surface area contributed by atoms with Crippen LogP contribution in [0.5, 0.6) is 0 Å². The molecule has 0 amide bonds. The topological polar surface area (TPSA) is 57.8 Å². The van der Waals surface area contributed by atoms with Crippen LogP contribution in [-0.2, 0) is 13.0 Å². The molecule has 0 saturated carbocycles. The molecule has 100 valence electrons. The van der Waals surface area contributed by atoms with Crippen molar-refractivity contribution in [3.63, 3.8) is 0 Å². The smallest absolute Gasteiger partial charge is 0.273 e. The molecular formula is C15H12FN3O. The highest BCUT2D eigenvalue weighted by atomic mass is 19.1. The van der Waals surface area contributed by atoms with Crippen LogP contribution < -0.4 is 10.9 Å². The Morgan fingerprint density at radius 1 is 1.30 bits per heavy atom. The molecule has 0 bridgehead atoms. The van der Waals surface area contributed by atoms with Gasteiger partial charge in [-0.2, -0.15) is 5.26 Å². The highest BCUT2D eigenvalue weighted by molar-refractivity contribution is 5.43. The first-order valence-corrected chi connectivity index (χ1v) is 6.35. The lowest BCUT2D eigenvalue weighted by molar-refractivity contribution is 0.610. The monoisotopic (exact) mass is 269 g/mol. The molecule has 4 nitrogen and oxygen atoms in total. The first kappa shape index (κ1) is 12.6. The van der Waals surface area contributed by atoms with E-state index in [1.807, 2.05) is 6.07 Å². The summed E-state index contributed by atoms with van der Waals surface area (Å²) in [5.41, 5.74) is 2.18. The van der Waals surface area contributed by atoms with E-state index in [4.69, 9.17) is 5.26 Å². The van der Waals surface area contributed by atoms with Crippen LogP contribution in [0, 0.1) is 17.1 Å². The molecule has 1 N–H and O–H groups in total. The van der Waals surface area contributed by atoms with Gasteiger partial charge in [0, 0.05) is 30.9 Å². The Hall–Kier alpha value is -2.45. The molecule has 0 atom stereocenters. The molecular weight excluding hydrogens is 257 g/mol. The number of nitrogens with one attached hydrogen (secondary N) is 1. The van der Waals surface area contributed by atoms with Gasteiger partial charge in [-0.25, -0.2) is 4.39 Å². The Bertz CT molecular complexity index is 756. The fourth-order valence-electron chi connectivity index (χ4n) is 2.50. The van der Waals surface area contributed by atoms with E-state index in [1.54, 1.807) is 18.2 Å². The van der Waals surface area contributed by atoms with Crippen LogP contribution in [0.25, 0.3) is 5.69 Å². The van der Waals surface area contributed by atoms with Crippen molar-refractivity contribution in [1.29, 1.82) is 5.26 Å². The third-order valence-corrected chi connectivity index (χ3v) is 3.45. The van der Waals surface area contributed by atoms with Crippen LogP contribution in [0.2, 0.25) is 0 Å². The summed E-state index contributed by atoms with van der Waals surface area (Å²) in [4.78, 5) is 12.4. The van der Waals surface area contributed by atoms with Crippen LogP contribution in [0.4, 0.5) is 4.39 Å². The van der Waals surface area contributed by atoms with Gasteiger partial charge in [-0.15, -0.1) is 0 Å². The van der Waals surface area contributed by atoms with Gasteiger partial charge < -0.3 is 5.32 Å². The molecule has 5 heteroatoms. The summed E-state index contributed by atoms with van der Waals surface area (Å²) >= 11 is 0. The van der Waals surface area contributed by atoms with Gasteiger partial charge >= 0.3 is 0 Å². The number of fused-ring (bicyclic) bond motifs is 1. The van der Waals surface area contributed by atoms with Crippen molar-refractivity contribution in [2.75, 3.05) is 6.54 Å². The average molecular weight is 269 g/mol. The van der Waals surface area contributed by atoms with Crippen molar-refractivity contribution in [1.82, 2.24) is 9.88 Å². The molecule has 0 saturated heterocycles. The zero-order valence-electron chi connectivity index (χ0n) is 10.7.